The van der Waals surface area contributed by atoms with Crippen LogP contribution in [0.2, 0.25) is 0 Å². The number of rotatable bonds is 3. The molecule has 1 aliphatic rings. The van der Waals surface area contributed by atoms with Crippen LogP contribution in [0.4, 0.5) is 4.79 Å². The quantitative estimate of drug-likeness (QED) is 0.936. The molecule has 0 radical (unpaired) electrons. The van der Waals surface area contributed by atoms with Crippen molar-refractivity contribution in [2.75, 3.05) is 13.1 Å². The van der Waals surface area contributed by atoms with Crippen LogP contribution in [0.25, 0.3) is 10.8 Å². The van der Waals surface area contributed by atoms with Crippen molar-refractivity contribution in [3.05, 3.63) is 29.5 Å². The fourth-order valence-electron chi connectivity index (χ4n) is 2.79. The molecule has 1 unspecified atom stereocenters. The highest BCUT2D eigenvalue weighted by atomic mass is 32.1. The number of hydrogen-bond acceptors (Lipinski definition) is 5. The number of nitrogens with one attached hydrogen (secondary N) is 1. The SMILES string of the molecule is CC1CN(C(=O)NCc2coc(-c3cccs3)n2)CC(C)(C)O1. The molecular weight excluding hydrogens is 314 g/mol. The number of aromatic nitrogens is 1. The van der Waals surface area contributed by atoms with Crippen molar-refractivity contribution >= 4 is 17.4 Å². The maximum atomic E-state index is 12.3. The Morgan fingerprint density at radius 3 is 3.09 bits per heavy atom. The van der Waals surface area contributed by atoms with Crippen molar-refractivity contribution in [1.82, 2.24) is 15.2 Å². The number of amides is 2. The molecule has 1 aliphatic heterocycles. The van der Waals surface area contributed by atoms with E-state index in [4.69, 9.17) is 9.15 Å². The van der Waals surface area contributed by atoms with Gasteiger partial charge in [0.15, 0.2) is 0 Å². The summed E-state index contributed by atoms with van der Waals surface area (Å²) in [5.74, 6) is 0.588. The molecule has 6 nitrogen and oxygen atoms in total. The molecule has 0 saturated carbocycles. The molecule has 2 amide bonds. The van der Waals surface area contributed by atoms with E-state index in [9.17, 15) is 4.79 Å². The Bertz CT molecular complexity index is 666. The molecule has 0 aliphatic carbocycles. The Balaban J connectivity index is 1.57. The molecule has 3 heterocycles. The Morgan fingerprint density at radius 1 is 1.57 bits per heavy atom. The fourth-order valence-corrected chi connectivity index (χ4v) is 3.44. The van der Waals surface area contributed by atoms with Gasteiger partial charge in [-0.2, -0.15) is 0 Å². The largest absolute Gasteiger partial charge is 0.443 e. The van der Waals surface area contributed by atoms with Gasteiger partial charge in [-0.25, -0.2) is 9.78 Å². The van der Waals surface area contributed by atoms with Gasteiger partial charge in [0.2, 0.25) is 5.89 Å². The molecule has 1 saturated heterocycles. The van der Waals surface area contributed by atoms with Crippen molar-refractivity contribution < 1.29 is 13.9 Å². The molecule has 7 heteroatoms. The second kappa shape index (κ2) is 6.33. The normalized spacial score (nSPS) is 20.5. The summed E-state index contributed by atoms with van der Waals surface area (Å²) >= 11 is 1.57. The third-order valence-electron chi connectivity index (χ3n) is 3.56. The van der Waals surface area contributed by atoms with Gasteiger partial charge in [-0.1, -0.05) is 6.07 Å². The first-order valence-corrected chi connectivity index (χ1v) is 8.50. The maximum absolute atomic E-state index is 12.3. The van der Waals surface area contributed by atoms with Crippen molar-refractivity contribution in [2.24, 2.45) is 0 Å². The second-order valence-corrected chi connectivity index (χ2v) is 7.30. The minimum atomic E-state index is -0.324. The molecule has 124 valence electrons. The monoisotopic (exact) mass is 335 g/mol. The number of thiophene rings is 1. The van der Waals surface area contributed by atoms with E-state index in [2.05, 4.69) is 10.3 Å². The summed E-state index contributed by atoms with van der Waals surface area (Å²) in [6.07, 6.45) is 1.61. The summed E-state index contributed by atoms with van der Waals surface area (Å²) in [4.78, 5) is 19.5. The summed E-state index contributed by atoms with van der Waals surface area (Å²) in [5, 5.41) is 4.87. The molecule has 2 aromatic heterocycles. The van der Waals surface area contributed by atoms with Crippen molar-refractivity contribution in [2.45, 2.75) is 39.0 Å². The predicted molar refractivity (Wildman–Crippen MR) is 88.3 cm³/mol. The van der Waals surface area contributed by atoms with Gasteiger partial charge < -0.3 is 19.4 Å². The van der Waals surface area contributed by atoms with Crippen LogP contribution in [-0.2, 0) is 11.3 Å². The van der Waals surface area contributed by atoms with Crippen LogP contribution in [0.3, 0.4) is 0 Å². The van der Waals surface area contributed by atoms with Gasteiger partial charge in [-0.3, -0.25) is 0 Å². The summed E-state index contributed by atoms with van der Waals surface area (Å²) < 4.78 is 11.3. The fraction of sp³-hybridized carbons (Fsp3) is 0.500. The highest BCUT2D eigenvalue weighted by Crippen LogP contribution is 2.24. The summed E-state index contributed by atoms with van der Waals surface area (Å²) in [5.41, 5.74) is 0.386. The Labute approximate surface area is 139 Å². The van der Waals surface area contributed by atoms with Crippen LogP contribution in [0.1, 0.15) is 26.5 Å². The van der Waals surface area contributed by atoms with E-state index in [-0.39, 0.29) is 17.7 Å². The van der Waals surface area contributed by atoms with Gasteiger partial charge >= 0.3 is 6.03 Å². The van der Waals surface area contributed by atoms with Crippen LogP contribution in [0.5, 0.6) is 0 Å². The van der Waals surface area contributed by atoms with Gasteiger partial charge in [0.05, 0.1) is 35.4 Å². The number of urea groups is 1. The molecule has 1 atom stereocenters. The van der Waals surface area contributed by atoms with E-state index >= 15 is 0 Å². The predicted octanol–water partition coefficient (Wildman–Crippen LogP) is 3.11. The van der Waals surface area contributed by atoms with E-state index in [0.29, 0.717) is 31.2 Å². The van der Waals surface area contributed by atoms with Crippen LogP contribution >= 0.6 is 11.3 Å². The Morgan fingerprint density at radius 2 is 2.39 bits per heavy atom. The van der Waals surface area contributed by atoms with Gasteiger partial charge in [0, 0.05) is 6.54 Å². The number of morpholine rings is 1. The molecule has 1 N–H and O–H groups in total. The number of hydrogen-bond donors (Lipinski definition) is 1. The van der Waals surface area contributed by atoms with Crippen molar-refractivity contribution in [3.63, 3.8) is 0 Å². The number of nitrogens with zero attached hydrogens (tertiary/aromatic N) is 2. The minimum Gasteiger partial charge on any atom is -0.443 e. The summed E-state index contributed by atoms with van der Waals surface area (Å²) in [6.45, 7) is 7.48. The maximum Gasteiger partial charge on any atom is 0.317 e. The highest BCUT2D eigenvalue weighted by molar-refractivity contribution is 7.13. The van der Waals surface area contributed by atoms with E-state index in [1.54, 1.807) is 22.5 Å². The lowest BCUT2D eigenvalue weighted by atomic mass is 10.1. The van der Waals surface area contributed by atoms with E-state index in [1.165, 1.54) is 0 Å². The van der Waals surface area contributed by atoms with Gasteiger partial charge in [0.25, 0.3) is 0 Å². The first kappa shape index (κ1) is 16.0. The standard InChI is InChI=1S/C16H21N3O3S/c1-11-8-19(10-16(2,3)22-11)15(20)17-7-12-9-21-14(18-12)13-5-4-6-23-13/h4-6,9,11H,7-8,10H2,1-3H3,(H,17,20). The van der Waals surface area contributed by atoms with E-state index in [0.717, 1.165) is 4.88 Å². The van der Waals surface area contributed by atoms with E-state index in [1.807, 2.05) is 38.3 Å². The van der Waals surface area contributed by atoms with Crippen LogP contribution in [0, 0.1) is 0 Å². The average molecular weight is 335 g/mol. The smallest absolute Gasteiger partial charge is 0.317 e. The van der Waals surface area contributed by atoms with Gasteiger partial charge in [-0.15, -0.1) is 11.3 Å². The summed E-state index contributed by atoms with van der Waals surface area (Å²) in [6, 6.07) is 3.80. The Kier molecular flexibility index (Phi) is 4.41. The lowest BCUT2D eigenvalue weighted by molar-refractivity contribution is -0.117. The van der Waals surface area contributed by atoms with Crippen molar-refractivity contribution in [1.29, 1.82) is 0 Å². The zero-order chi connectivity index (χ0) is 16.4. The molecule has 3 rings (SSSR count). The van der Waals surface area contributed by atoms with Gasteiger partial charge in [0.1, 0.15) is 6.26 Å². The van der Waals surface area contributed by atoms with Gasteiger partial charge in [-0.05, 0) is 32.2 Å². The van der Waals surface area contributed by atoms with Crippen LogP contribution in [-0.4, -0.2) is 40.7 Å². The van der Waals surface area contributed by atoms with Crippen LogP contribution in [0.15, 0.2) is 28.2 Å². The topological polar surface area (TPSA) is 67.6 Å². The molecule has 23 heavy (non-hydrogen) atoms. The minimum absolute atomic E-state index is 0.0296. The average Bonchev–Trinajstić information content (AvgIpc) is 3.13. The third kappa shape index (κ3) is 3.92. The first-order valence-electron chi connectivity index (χ1n) is 7.62. The van der Waals surface area contributed by atoms with Crippen LogP contribution < -0.4 is 5.32 Å². The summed E-state index contributed by atoms with van der Waals surface area (Å²) in [7, 11) is 0. The Hall–Kier alpha value is -1.86. The highest BCUT2D eigenvalue weighted by Gasteiger charge is 2.33. The third-order valence-corrected chi connectivity index (χ3v) is 4.42. The zero-order valence-electron chi connectivity index (χ0n) is 13.5. The molecule has 0 bridgehead atoms. The molecule has 2 aromatic rings. The lowest BCUT2D eigenvalue weighted by Gasteiger charge is -2.41. The number of ether oxygens (including phenoxy) is 1. The number of carbonyl (C=O) groups is 1. The van der Waals surface area contributed by atoms with Crippen molar-refractivity contribution in [3.8, 4) is 10.8 Å². The lowest BCUT2D eigenvalue weighted by Crippen LogP contribution is -2.56. The molecule has 0 spiro atoms. The zero-order valence-corrected chi connectivity index (χ0v) is 14.4. The second-order valence-electron chi connectivity index (χ2n) is 6.35. The number of carbonyl (C=O) groups excluding carboxylic acids is 1. The molecule has 1 fully saturated rings. The number of oxazole rings is 1. The molecule has 0 aromatic carbocycles. The van der Waals surface area contributed by atoms with E-state index < -0.39 is 0 Å². The first-order chi connectivity index (χ1) is 10.9. The molecular formula is C16H21N3O3S.